The molecule has 1 saturated heterocycles. The van der Waals surface area contributed by atoms with Gasteiger partial charge in [-0.3, -0.25) is 4.79 Å². The van der Waals surface area contributed by atoms with Crippen molar-refractivity contribution in [2.75, 3.05) is 11.9 Å². The molecule has 0 aliphatic carbocycles. The number of carbonyl (C=O) groups excluding carboxylic acids is 1. The second kappa shape index (κ2) is 5.28. The molecule has 112 valence electrons. The Morgan fingerprint density at radius 3 is 3.05 bits per heavy atom. The molecule has 0 bridgehead atoms. The molecule has 21 heavy (non-hydrogen) atoms. The number of amides is 1. The highest BCUT2D eigenvalue weighted by atomic mass is 16.5. The minimum atomic E-state index is -0.469. The van der Waals surface area contributed by atoms with Gasteiger partial charge in [-0.05, 0) is 26.7 Å². The number of nitrogens with two attached hydrogens (primary N) is 1. The van der Waals surface area contributed by atoms with Gasteiger partial charge in [0.15, 0.2) is 0 Å². The Hall–Kier alpha value is -2.22. The van der Waals surface area contributed by atoms with E-state index in [0.29, 0.717) is 18.7 Å². The smallest absolute Gasteiger partial charge is 0.254 e. The molecule has 2 aromatic rings. The number of ether oxygens (including phenoxy) is 1. The lowest BCUT2D eigenvalue weighted by Crippen LogP contribution is -2.30. The van der Waals surface area contributed by atoms with Crippen LogP contribution in [0.5, 0.6) is 0 Å². The molecule has 3 N–H and O–H groups in total. The zero-order valence-electron chi connectivity index (χ0n) is 12.0. The fourth-order valence-electron chi connectivity index (χ4n) is 2.52. The van der Waals surface area contributed by atoms with E-state index in [9.17, 15) is 4.79 Å². The van der Waals surface area contributed by atoms with Crippen LogP contribution in [0.25, 0.3) is 5.78 Å². The number of hydrogen-bond acceptors (Lipinski definition) is 6. The summed E-state index contributed by atoms with van der Waals surface area (Å²) in [5.41, 5.74) is 7.17. The van der Waals surface area contributed by atoms with Gasteiger partial charge in [0.05, 0.1) is 6.10 Å². The molecular formula is C13H18N6O2. The summed E-state index contributed by atoms with van der Waals surface area (Å²) in [4.78, 5) is 19.6. The van der Waals surface area contributed by atoms with Crippen molar-refractivity contribution in [1.82, 2.24) is 19.6 Å². The first-order chi connectivity index (χ1) is 10.1. The van der Waals surface area contributed by atoms with E-state index in [1.54, 1.807) is 4.52 Å². The molecule has 8 heteroatoms. The van der Waals surface area contributed by atoms with Gasteiger partial charge in [-0.15, -0.1) is 0 Å². The van der Waals surface area contributed by atoms with Crippen LogP contribution in [-0.4, -0.2) is 44.2 Å². The zero-order valence-corrected chi connectivity index (χ0v) is 12.0. The van der Waals surface area contributed by atoms with Gasteiger partial charge in [-0.2, -0.15) is 14.6 Å². The summed E-state index contributed by atoms with van der Waals surface area (Å²) >= 11 is 0. The molecule has 8 nitrogen and oxygen atoms in total. The Morgan fingerprint density at radius 1 is 1.52 bits per heavy atom. The molecule has 1 fully saturated rings. The molecule has 1 aliphatic rings. The van der Waals surface area contributed by atoms with Crippen LogP contribution in [0.1, 0.15) is 24.1 Å². The Kier molecular flexibility index (Phi) is 3.46. The van der Waals surface area contributed by atoms with Crippen molar-refractivity contribution in [3.63, 3.8) is 0 Å². The first kappa shape index (κ1) is 13.7. The summed E-state index contributed by atoms with van der Waals surface area (Å²) in [7, 11) is 0. The Balaban J connectivity index is 1.75. The number of anilines is 1. The highest BCUT2D eigenvalue weighted by Crippen LogP contribution is 2.22. The third-order valence-corrected chi connectivity index (χ3v) is 3.83. The van der Waals surface area contributed by atoms with Crippen LogP contribution >= 0.6 is 0 Å². The third kappa shape index (κ3) is 2.54. The topological polar surface area (TPSA) is 107 Å². The van der Waals surface area contributed by atoms with Crippen LogP contribution in [0.3, 0.4) is 0 Å². The SMILES string of the molecule is Cc1nc2ncnn2c(NCC2CCC(C(N)=O)O2)c1C. The molecule has 0 spiro atoms. The van der Waals surface area contributed by atoms with E-state index in [1.165, 1.54) is 6.33 Å². The summed E-state index contributed by atoms with van der Waals surface area (Å²) in [5, 5.41) is 7.50. The van der Waals surface area contributed by atoms with Gasteiger partial charge < -0.3 is 15.8 Å². The number of aryl methyl sites for hydroxylation is 1. The van der Waals surface area contributed by atoms with Crippen LogP contribution < -0.4 is 11.1 Å². The van der Waals surface area contributed by atoms with E-state index in [-0.39, 0.29) is 6.10 Å². The average Bonchev–Trinajstić information content (AvgIpc) is 3.08. The van der Waals surface area contributed by atoms with Gasteiger partial charge in [-0.1, -0.05) is 0 Å². The van der Waals surface area contributed by atoms with Gasteiger partial charge in [0.25, 0.3) is 5.78 Å². The monoisotopic (exact) mass is 290 g/mol. The fraction of sp³-hybridized carbons (Fsp3) is 0.538. The lowest BCUT2D eigenvalue weighted by Gasteiger charge is -2.16. The molecule has 0 saturated carbocycles. The number of hydrogen-bond donors (Lipinski definition) is 2. The number of nitrogens with zero attached hydrogens (tertiary/aromatic N) is 4. The van der Waals surface area contributed by atoms with Crippen molar-refractivity contribution in [3.8, 4) is 0 Å². The minimum absolute atomic E-state index is 0.0334. The van der Waals surface area contributed by atoms with Crippen molar-refractivity contribution in [2.45, 2.75) is 38.9 Å². The third-order valence-electron chi connectivity index (χ3n) is 3.83. The number of aromatic nitrogens is 4. The van der Waals surface area contributed by atoms with Gasteiger partial charge in [-0.25, -0.2) is 4.98 Å². The molecule has 3 rings (SSSR count). The number of rotatable bonds is 4. The molecule has 2 unspecified atom stereocenters. The number of fused-ring (bicyclic) bond motifs is 1. The van der Waals surface area contributed by atoms with E-state index in [2.05, 4.69) is 20.4 Å². The van der Waals surface area contributed by atoms with E-state index in [4.69, 9.17) is 10.5 Å². The number of carbonyl (C=O) groups is 1. The minimum Gasteiger partial charge on any atom is -0.367 e. The van der Waals surface area contributed by atoms with Crippen LogP contribution in [-0.2, 0) is 9.53 Å². The van der Waals surface area contributed by atoms with E-state index in [0.717, 1.165) is 23.5 Å². The molecule has 3 heterocycles. The average molecular weight is 290 g/mol. The van der Waals surface area contributed by atoms with Crippen LogP contribution in [0, 0.1) is 13.8 Å². The summed E-state index contributed by atoms with van der Waals surface area (Å²) in [6, 6.07) is 0. The zero-order chi connectivity index (χ0) is 15.0. The standard InChI is InChI=1S/C13H18N6O2/c1-7-8(2)18-13-16-6-17-19(13)12(7)15-5-9-3-4-10(21-9)11(14)20/h6,9-10,15H,3-5H2,1-2H3,(H2,14,20). The number of primary amides is 1. The Bertz CT molecular complexity index is 683. The molecule has 0 radical (unpaired) electrons. The van der Waals surface area contributed by atoms with Gasteiger partial charge in [0.1, 0.15) is 18.2 Å². The normalized spacial score (nSPS) is 21.8. The highest BCUT2D eigenvalue weighted by molar-refractivity contribution is 5.79. The molecule has 0 aromatic carbocycles. The Labute approximate surface area is 121 Å². The van der Waals surface area contributed by atoms with Gasteiger partial charge in [0.2, 0.25) is 5.91 Å². The van der Waals surface area contributed by atoms with Crippen molar-refractivity contribution in [1.29, 1.82) is 0 Å². The maximum atomic E-state index is 11.1. The van der Waals surface area contributed by atoms with Gasteiger partial charge in [0, 0.05) is 17.8 Å². The predicted octanol–water partition coefficient (Wildman–Crippen LogP) is 0.186. The van der Waals surface area contributed by atoms with Crippen molar-refractivity contribution in [2.24, 2.45) is 5.73 Å². The second-order valence-corrected chi connectivity index (χ2v) is 5.25. The lowest BCUT2D eigenvalue weighted by molar-refractivity contribution is -0.128. The largest absolute Gasteiger partial charge is 0.367 e. The summed E-state index contributed by atoms with van der Waals surface area (Å²) < 4.78 is 7.28. The maximum Gasteiger partial charge on any atom is 0.254 e. The Morgan fingerprint density at radius 2 is 2.33 bits per heavy atom. The molecule has 2 aromatic heterocycles. The first-order valence-electron chi connectivity index (χ1n) is 6.92. The molecule has 2 atom stereocenters. The van der Waals surface area contributed by atoms with Crippen LogP contribution in [0.4, 0.5) is 5.82 Å². The van der Waals surface area contributed by atoms with Crippen LogP contribution in [0.15, 0.2) is 6.33 Å². The van der Waals surface area contributed by atoms with Crippen molar-refractivity contribution in [3.05, 3.63) is 17.6 Å². The van der Waals surface area contributed by atoms with E-state index < -0.39 is 12.0 Å². The predicted molar refractivity (Wildman–Crippen MR) is 75.8 cm³/mol. The second-order valence-electron chi connectivity index (χ2n) is 5.25. The summed E-state index contributed by atoms with van der Waals surface area (Å²) in [5.74, 6) is 1.01. The summed E-state index contributed by atoms with van der Waals surface area (Å²) in [6.45, 7) is 4.50. The maximum absolute atomic E-state index is 11.1. The van der Waals surface area contributed by atoms with Crippen molar-refractivity contribution >= 4 is 17.5 Å². The van der Waals surface area contributed by atoms with E-state index in [1.807, 2.05) is 13.8 Å². The quantitative estimate of drug-likeness (QED) is 0.832. The fourth-order valence-corrected chi connectivity index (χ4v) is 2.52. The van der Waals surface area contributed by atoms with Crippen molar-refractivity contribution < 1.29 is 9.53 Å². The summed E-state index contributed by atoms with van der Waals surface area (Å²) in [6.07, 6.45) is 2.46. The number of nitrogens with one attached hydrogen (secondary N) is 1. The van der Waals surface area contributed by atoms with E-state index >= 15 is 0 Å². The lowest BCUT2D eigenvalue weighted by atomic mass is 10.2. The van der Waals surface area contributed by atoms with Gasteiger partial charge >= 0.3 is 0 Å². The van der Waals surface area contributed by atoms with Crippen LogP contribution in [0.2, 0.25) is 0 Å². The molecule has 1 amide bonds. The first-order valence-corrected chi connectivity index (χ1v) is 6.92. The molecular weight excluding hydrogens is 272 g/mol. The molecule has 1 aliphatic heterocycles. The highest BCUT2D eigenvalue weighted by Gasteiger charge is 2.29.